The predicted molar refractivity (Wildman–Crippen MR) is 117 cm³/mol. The Kier molecular flexibility index (Phi) is 4.54. The summed E-state index contributed by atoms with van der Waals surface area (Å²) in [5, 5.41) is 11.7. The largest absolute Gasteiger partial charge is 0.488 e. The van der Waals surface area contributed by atoms with E-state index in [4.69, 9.17) is 11.2 Å². The van der Waals surface area contributed by atoms with Crippen molar-refractivity contribution < 1.29 is 4.74 Å². The Bertz CT molecular complexity index is 1270. The van der Waals surface area contributed by atoms with Crippen molar-refractivity contribution in [1.82, 2.24) is 25.1 Å². The maximum Gasteiger partial charge on any atom is 0.227 e. The topological polar surface area (TPSA) is 76.9 Å². The molecule has 0 saturated carbocycles. The molecule has 0 unspecified atom stereocenters. The van der Waals surface area contributed by atoms with E-state index in [1.54, 1.807) is 10.9 Å². The number of aromatic nitrogens is 4. The van der Waals surface area contributed by atoms with Crippen LogP contribution in [0.5, 0.6) is 5.75 Å². The number of aryl methyl sites for hydroxylation is 1. The van der Waals surface area contributed by atoms with E-state index >= 15 is 0 Å². The second-order valence-corrected chi connectivity index (χ2v) is 7.28. The number of hydrogen-bond acceptors (Lipinski definition) is 6. The van der Waals surface area contributed by atoms with Crippen LogP contribution in [0.15, 0.2) is 55.0 Å². The van der Waals surface area contributed by atoms with Crippen molar-refractivity contribution in [3.63, 3.8) is 0 Å². The van der Waals surface area contributed by atoms with Crippen molar-refractivity contribution in [3.8, 4) is 29.2 Å². The van der Waals surface area contributed by atoms with Crippen molar-refractivity contribution >= 4 is 22.5 Å². The van der Waals surface area contributed by atoms with E-state index in [0.29, 0.717) is 5.95 Å². The first kappa shape index (κ1) is 18.2. The third kappa shape index (κ3) is 3.69. The Labute approximate surface area is 174 Å². The molecule has 1 aliphatic heterocycles. The maximum atomic E-state index is 6.10. The van der Waals surface area contributed by atoms with Crippen molar-refractivity contribution in [2.45, 2.75) is 6.10 Å². The lowest BCUT2D eigenvalue weighted by Gasteiger charge is -2.28. The van der Waals surface area contributed by atoms with Gasteiger partial charge < -0.3 is 15.4 Å². The summed E-state index contributed by atoms with van der Waals surface area (Å²) in [5.41, 5.74) is 4.50. The Morgan fingerprint density at radius 3 is 2.80 bits per heavy atom. The van der Waals surface area contributed by atoms with Crippen LogP contribution in [0.1, 0.15) is 5.56 Å². The molecule has 3 heterocycles. The van der Waals surface area contributed by atoms with Gasteiger partial charge in [0.1, 0.15) is 11.9 Å². The molecule has 4 aromatic rings. The van der Waals surface area contributed by atoms with Gasteiger partial charge >= 0.3 is 0 Å². The van der Waals surface area contributed by atoms with Crippen LogP contribution in [0.2, 0.25) is 0 Å². The monoisotopic (exact) mass is 396 g/mol. The molecule has 1 aliphatic rings. The normalized spacial score (nSPS) is 13.6. The Morgan fingerprint density at radius 2 is 2.07 bits per heavy atom. The molecule has 2 aromatic heterocycles. The average Bonchev–Trinajstić information content (AvgIpc) is 3.16. The van der Waals surface area contributed by atoms with E-state index in [1.165, 1.54) is 0 Å². The number of nitrogens with zero attached hydrogens (tertiary/aromatic N) is 4. The minimum atomic E-state index is 0.185. The van der Waals surface area contributed by atoms with E-state index < -0.39 is 0 Å². The van der Waals surface area contributed by atoms with Crippen molar-refractivity contribution in [3.05, 3.63) is 60.6 Å². The molecule has 2 N–H and O–H groups in total. The van der Waals surface area contributed by atoms with Gasteiger partial charge in [-0.1, -0.05) is 5.92 Å². The molecular formula is C23H20N6O. The number of terminal acetylenes is 1. The molecule has 0 bridgehead atoms. The molecule has 30 heavy (non-hydrogen) atoms. The fraction of sp³-hybridized carbons (Fsp3) is 0.174. The summed E-state index contributed by atoms with van der Waals surface area (Å²) in [5.74, 6) is 3.94. The molecule has 0 radical (unpaired) electrons. The minimum absolute atomic E-state index is 0.185. The number of anilines is 2. The number of fused-ring (bicyclic) bond motifs is 1. The number of ether oxygens (including phenoxy) is 1. The van der Waals surface area contributed by atoms with Gasteiger partial charge in [-0.2, -0.15) is 5.10 Å². The number of nitrogens with one attached hydrogen (secondary N) is 2. The molecule has 0 aliphatic carbocycles. The van der Waals surface area contributed by atoms with Crippen molar-refractivity contribution in [2.24, 2.45) is 7.05 Å². The van der Waals surface area contributed by atoms with Gasteiger partial charge in [0.25, 0.3) is 0 Å². The highest BCUT2D eigenvalue weighted by Crippen LogP contribution is 2.30. The fourth-order valence-electron chi connectivity index (χ4n) is 3.33. The van der Waals surface area contributed by atoms with Crippen LogP contribution < -0.4 is 15.4 Å². The third-order valence-corrected chi connectivity index (χ3v) is 4.99. The van der Waals surface area contributed by atoms with E-state index in [9.17, 15) is 0 Å². The highest BCUT2D eigenvalue weighted by molar-refractivity contribution is 5.81. The maximum absolute atomic E-state index is 6.10. The van der Waals surface area contributed by atoms with Gasteiger partial charge in [-0.05, 0) is 35.9 Å². The first-order valence-electron chi connectivity index (χ1n) is 9.68. The number of hydrogen-bond donors (Lipinski definition) is 2. The lowest BCUT2D eigenvalue weighted by molar-refractivity contribution is 0.142. The number of rotatable bonds is 5. The van der Waals surface area contributed by atoms with Crippen LogP contribution in [0.25, 0.3) is 22.0 Å². The molecule has 2 aromatic carbocycles. The van der Waals surface area contributed by atoms with Crippen LogP contribution in [-0.4, -0.2) is 38.9 Å². The van der Waals surface area contributed by atoms with Gasteiger partial charge in [-0.3, -0.25) is 4.68 Å². The van der Waals surface area contributed by atoms with Gasteiger partial charge in [0.05, 0.1) is 11.7 Å². The summed E-state index contributed by atoms with van der Waals surface area (Å²) in [4.78, 5) is 9.06. The lowest BCUT2D eigenvalue weighted by Crippen LogP contribution is -2.50. The molecule has 0 spiro atoms. The zero-order valence-corrected chi connectivity index (χ0v) is 16.5. The lowest BCUT2D eigenvalue weighted by atomic mass is 10.1. The summed E-state index contributed by atoms with van der Waals surface area (Å²) in [6.07, 6.45) is 11.2. The zero-order valence-electron chi connectivity index (χ0n) is 16.5. The zero-order chi connectivity index (χ0) is 20.5. The van der Waals surface area contributed by atoms with Gasteiger partial charge in [0.2, 0.25) is 5.95 Å². The minimum Gasteiger partial charge on any atom is -0.488 e. The third-order valence-electron chi connectivity index (χ3n) is 4.99. The Morgan fingerprint density at radius 1 is 1.17 bits per heavy atom. The molecule has 1 saturated heterocycles. The smallest absolute Gasteiger partial charge is 0.227 e. The quantitative estimate of drug-likeness (QED) is 0.505. The van der Waals surface area contributed by atoms with Gasteiger partial charge in [0.15, 0.2) is 0 Å². The van der Waals surface area contributed by atoms with Crippen LogP contribution >= 0.6 is 0 Å². The Balaban J connectivity index is 1.48. The molecule has 0 amide bonds. The van der Waals surface area contributed by atoms with Crippen molar-refractivity contribution in [2.75, 3.05) is 18.4 Å². The predicted octanol–water partition coefficient (Wildman–Crippen LogP) is 3.11. The summed E-state index contributed by atoms with van der Waals surface area (Å²) in [6.45, 7) is 1.71. The van der Waals surface area contributed by atoms with Crippen LogP contribution in [0.4, 0.5) is 11.6 Å². The molecule has 7 nitrogen and oxygen atoms in total. The fourth-order valence-corrected chi connectivity index (χ4v) is 3.33. The molecule has 7 heteroatoms. The second kappa shape index (κ2) is 7.50. The molecule has 148 valence electrons. The molecular weight excluding hydrogens is 376 g/mol. The summed E-state index contributed by atoms with van der Waals surface area (Å²) in [6, 6.07) is 11.7. The highest BCUT2D eigenvalue weighted by Gasteiger charge is 2.19. The van der Waals surface area contributed by atoms with Gasteiger partial charge in [-0.15, -0.1) is 6.42 Å². The van der Waals surface area contributed by atoms with E-state index in [-0.39, 0.29) is 6.10 Å². The van der Waals surface area contributed by atoms with Crippen LogP contribution in [-0.2, 0) is 7.05 Å². The highest BCUT2D eigenvalue weighted by atomic mass is 16.5. The average molecular weight is 396 g/mol. The SMILES string of the molecule is C#Cc1ccc2nc(Nc3cc(OC4CNC4)cc(-c4cnn(C)c4)c3)ncc2c1. The summed E-state index contributed by atoms with van der Waals surface area (Å²) in [7, 11) is 1.90. The van der Waals surface area contributed by atoms with Gasteiger partial charge in [-0.25, -0.2) is 9.97 Å². The van der Waals surface area contributed by atoms with E-state index in [2.05, 4.69) is 31.6 Å². The first-order valence-corrected chi connectivity index (χ1v) is 9.68. The standard InChI is InChI=1S/C23H20N6O/c1-3-15-4-5-22-17(6-15)10-25-23(28-22)27-19-7-16(18-11-26-29(2)14-18)8-20(9-19)30-21-12-24-13-21/h1,4-11,14,21,24H,12-13H2,2H3,(H,25,27,28). The number of benzene rings is 2. The van der Waals surface area contributed by atoms with Gasteiger partial charge in [0, 0.05) is 60.8 Å². The summed E-state index contributed by atoms with van der Waals surface area (Å²) >= 11 is 0. The molecule has 5 rings (SSSR count). The van der Waals surface area contributed by atoms with Crippen molar-refractivity contribution in [1.29, 1.82) is 0 Å². The molecule has 1 fully saturated rings. The molecule has 0 atom stereocenters. The van der Waals surface area contributed by atoms with E-state index in [0.717, 1.165) is 52.1 Å². The van der Waals surface area contributed by atoms with E-state index in [1.807, 2.05) is 55.8 Å². The summed E-state index contributed by atoms with van der Waals surface area (Å²) < 4.78 is 7.88. The first-order chi connectivity index (χ1) is 14.7. The van der Waals surface area contributed by atoms with Crippen LogP contribution in [0, 0.1) is 12.3 Å². The van der Waals surface area contributed by atoms with Crippen LogP contribution in [0.3, 0.4) is 0 Å². The Hall–Kier alpha value is -3.89. The second-order valence-electron chi connectivity index (χ2n) is 7.28.